The molecule has 3 aromatic heterocycles. The Morgan fingerprint density at radius 3 is 2.02 bits per heavy atom. The summed E-state index contributed by atoms with van der Waals surface area (Å²) in [7, 11) is 0. The number of aromatic nitrogens is 2. The summed E-state index contributed by atoms with van der Waals surface area (Å²) in [6.45, 7) is 0. The summed E-state index contributed by atoms with van der Waals surface area (Å²) in [5.74, 6) is 0. The minimum atomic E-state index is 0.995. The molecule has 0 radical (unpaired) electrons. The summed E-state index contributed by atoms with van der Waals surface area (Å²) < 4.78 is 4.78. The lowest BCUT2D eigenvalue weighted by Crippen LogP contribution is -1.95. The van der Waals surface area contributed by atoms with Crippen LogP contribution in [0.4, 0.5) is 0 Å². The lowest BCUT2D eigenvalue weighted by atomic mass is 9.95. The standard InChI is InChI=1S/C39H24N2S/c1-2-11-26(12-3-1)34-23-28-14-6-7-15-31(28)39-37(29-20-21-33-32-16-8-9-17-35(32)42-36(33)24-29)38(40-41(34)39)30-19-18-25-10-4-5-13-27(25)22-30/h1-24H. The molecule has 9 rings (SSSR count). The highest BCUT2D eigenvalue weighted by molar-refractivity contribution is 7.25. The van der Waals surface area contributed by atoms with Gasteiger partial charge in [-0.15, -0.1) is 11.3 Å². The monoisotopic (exact) mass is 552 g/mol. The highest BCUT2D eigenvalue weighted by Crippen LogP contribution is 2.43. The molecule has 0 spiro atoms. The van der Waals surface area contributed by atoms with Crippen molar-refractivity contribution in [3.8, 4) is 33.6 Å². The largest absolute Gasteiger partial charge is 0.231 e. The Morgan fingerprint density at radius 2 is 1.14 bits per heavy atom. The molecule has 0 aliphatic heterocycles. The van der Waals surface area contributed by atoms with Gasteiger partial charge in [0.25, 0.3) is 0 Å². The van der Waals surface area contributed by atoms with Crippen LogP contribution in [0.25, 0.3) is 80.9 Å². The molecule has 0 unspecified atom stereocenters. The van der Waals surface area contributed by atoms with E-state index in [0.717, 1.165) is 28.0 Å². The highest BCUT2D eigenvalue weighted by atomic mass is 32.1. The van der Waals surface area contributed by atoms with Crippen LogP contribution in [0, 0.1) is 0 Å². The van der Waals surface area contributed by atoms with Gasteiger partial charge in [0.1, 0.15) is 5.69 Å². The molecule has 0 fully saturated rings. The van der Waals surface area contributed by atoms with Gasteiger partial charge in [0.15, 0.2) is 0 Å². The molecule has 0 amide bonds. The van der Waals surface area contributed by atoms with E-state index < -0.39 is 0 Å². The van der Waals surface area contributed by atoms with Gasteiger partial charge < -0.3 is 0 Å². The van der Waals surface area contributed by atoms with Crippen molar-refractivity contribution < 1.29 is 0 Å². The van der Waals surface area contributed by atoms with Crippen LogP contribution in [0.15, 0.2) is 146 Å². The van der Waals surface area contributed by atoms with Crippen molar-refractivity contribution in [2.45, 2.75) is 0 Å². The first-order valence-corrected chi connectivity index (χ1v) is 15.0. The van der Waals surface area contributed by atoms with E-state index in [4.69, 9.17) is 5.10 Å². The predicted octanol–water partition coefficient (Wildman–Crippen LogP) is 11.0. The normalized spacial score (nSPS) is 11.8. The van der Waals surface area contributed by atoms with Crippen molar-refractivity contribution >= 4 is 58.6 Å². The first-order valence-electron chi connectivity index (χ1n) is 14.2. The quantitative estimate of drug-likeness (QED) is 0.213. The van der Waals surface area contributed by atoms with Gasteiger partial charge in [-0.2, -0.15) is 5.10 Å². The van der Waals surface area contributed by atoms with Gasteiger partial charge in [0, 0.05) is 42.2 Å². The van der Waals surface area contributed by atoms with Crippen molar-refractivity contribution in [2.75, 3.05) is 0 Å². The second kappa shape index (κ2) is 9.13. The Kier molecular flexibility index (Phi) is 5.10. The highest BCUT2D eigenvalue weighted by Gasteiger charge is 2.22. The maximum absolute atomic E-state index is 5.44. The van der Waals surface area contributed by atoms with E-state index in [1.54, 1.807) is 0 Å². The lowest BCUT2D eigenvalue weighted by molar-refractivity contribution is 0.980. The van der Waals surface area contributed by atoms with Crippen molar-refractivity contribution in [1.82, 2.24) is 9.61 Å². The number of hydrogen-bond acceptors (Lipinski definition) is 2. The van der Waals surface area contributed by atoms with Gasteiger partial charge in [-0.1, -0.05) is 121 Å². The summed E-state index contributed by atoms with van der Waals surface area (Å²) in [4.78, 5) is 0. The van der Waals surface area contributed by atoms with Crippen LogP contribution in [0.2, 0.25) is 0 Å². The molecular formula is C39H24N2S. The summed E-state index contributed by atoms with van der Waals surface area (Å²) in [6, 6.07) is 52.5. The Labute approximate surface area is 246 Å². The molecule has 0 saturated heterocycles. The number of benzene rings is 6. The Bertz CT molecular complexity index is 2470. The summed E-state index contributed by atoms with van der Waals surface area (Å²) in [5.41, 5.74) is 7.83. The second-order valence-electron chi connectivity index (χ2n) is 10.8. The maximum Gasteiger partial charge on any atom is 0.101 e. The zero-order valence-electron chi connectivity index (χ0n) is 22.7. The van der Waals surface area contributed by atoms with Crippen molar-refractivity contribution in [3.63, 3.8) is 0 Å². The van der Waals surface area contributed by atoms with Crippen molar-refractivity contribution in [3.05, 3.63) is 146 Å². The van der Waals surface area contributed by atoms with Crippen LogP contribution in [-0.2, 0) is 0 Å². The van der Waals surface area contributed by atoms with Crippen molar-refractivity contribution in [1.29, 1.82) is 0 Å². The van der Waals surface area contributed by atoms with Crippen LogP contribution in [0.3, 0.4) is 0 Å². The molecule has 9 aromatic rings. The number of pyridine rings is 1. The number of nitrogens with zero attached hydrogens (tertiary/aromatic N) is 2. The van der Waals surface area contributed by atoms with Crippen LogP contribution >= 0.6 is 11.3 Å². The number of fused-ring (bicyclic) bond motifs is 7. The molecule has 0 aliphatic rings. The zero-order valence-corrected chi connectivity index (χ0v) is 23.5. The first-order chi connectivity index (χ1) is 20.8. The average molecular weight is 553 g/mol. The van der Waals surface area contributed by atoms with E-state index in [0.29, 0.717) is 0 Å². The number of thiophene rings is 1. The van der Waals surface area contributed by atoms with E-state index in [2.05, 4.69) is 150 Å². The van der Waals surface area contributed by atoms with E-state index in [-0.39, 0.29) is 0 Å². The first kappa shape index (κ1) is 23.5. The van der Waals surface area contributed by atoms with E-state index in [9.17, 15) is 0 Å². The van der Waals surface area contributed by atoms with Crippen molar-refractivity contribution in [2.24, 2.45) is 0 Å². The molecule has 0 saturated carbocycles. The Morgan fingerprint density at radius 1 is 0.452 bits per heavy atom. The Balaban J connectivity index is 1.43. The summed E-state index contributed by atoms with van der Waals surface area (Å²) >= 11 is 1.86. The maximum atomic E-state index is 5.44. The molecule has 42 heavy (non-hydrogen) atoms. The third-order valence-corrected chi connectivity index (χ3v) is 9.52. The topological polar surface area (TPSA) is 17.3 Å². The fourth-order valence-corrected chi connectivity index (χ4v) is 7.54. The van der Waals surface area contributed by atoms with Gasteiger partial charge >= 0.3 is 0 Å². The molecule has 3 heteroatoms. The minimum absolute atomic E-state index is 0.995. The Hall–Kier alpha value is -5.25. The SMILES string of the molecule is c1ccc(-c2cc3ccccc3c3c(-c4ccc5c(c4)sc4ccccc45)c(-c4ccc5ccccc5c4)nn23)cc1. The van der Waals surface area contributed by atoms with Gasteiger partial charge in [-0.25, -0.2) is 4.52 Å². The summed E-state index contributed by atoms with van der Waals surface area (Å²) in [6.07, 6.45) is 0. The lowest BCUT2D eigenvalue weighted by Gasteiger charge is -2.11. The van der Waals surface area contributed by atoms with E-state index in [1.165, 1.54) is 52.8 Å². The fraction of sp³-hybridized carbons (Fsp3) is 0. The zero-order chi connectivity index (χ0) is 27.6. The molecule has 2 nitrogen and oxygen atoms in total. The smallest absolute Gasteiger partial charge is 0.101 e. The second-order valence-corrected chi connectivity index (χ2v) is 11.9. The molecule has 196 valence electrons. The van der Waals surface area contributed by atoms with Gasteiger partial charge in [-0.3, -0.25) is 0 Å². The van der Waals surface area contributed by atoms with Crippen LogP contribution in [-0.4, -0.2) is 9.61 Å². The van der Waals surface area contributed by atoms with Crippen LogP contribution in [0.1, 0.15) is 0 Å². The van der Waals surface area contributed by atoms with Crippen LogP contribution < -0.4 is 0 Å². The molecule has 0 atom stereocenters. The molecule has 6 aromatic carbocycles. The third-order valence-electron chi connectivity index (χ3n) is 8.38. The van der Waals surface area contributed by atoms with Gasteiger partial charge in [-0.05, 0) is 46.0 Å². The van der Waals surface area contributed by atoms with Crippen LogP contribution in [0.5, 0.6) is 0 Å². The van der Waals surface area contributed by atoms with E-state index in [1.807, 2.05) is 11.3 Å². The van der Waals surface area contributed by atoms with Gasteiger partial charge in [0.2, 0.25) is 0 Å². The summed E-state index contributed by atoms with van der Waals surface area (Å²) in [5, 5.41) is 12.9. The molecule has 0 bridgehead atoms. The predicted molar refractivity (Wildman–Crippen MR) is 179 cm³/mol. The number of rotatable bonds is 3. The average Bonchev–Trinajstić information content (AvgIpc) is 3.64. The minimum Gasteiger partial charge on any atom is -0.231 e. The van der Waals surface area contributed by atoms with Gasteiger partial charge in [0.05, 0.1) is 11.2 Å². The molecular weight excluding hydrogens is 529 g/mol. The molecule has 0 N–H and O–H groups in total. The molecule has 3 heterocycles. The number of hydrogen-bond donors (Lipinski definition) is 0. The fourth-order valence-electron chi connectivity index (χ4n) is 6.40. The molecule has 0 aliphatic carbocycles. The third kappa shape index (κ3) is 3.54. The van der Waals surface area contributed by atoms with E-state index >= 15 is 0 Å².